The van der Waals surface area contributed by atoms with Crippen LogP contribution < -0.4 is 5.32 Å². The predicted molar refractivity (Wildman–Crippen MR) is 70.3 cm³/mol. The molecule has 0 bridgehead atoms. The molecule has 22 heavy (non-hydrogen) atoms. The Morgan fingerprint density at radius 3 is 2.59 bits per heavy atom. The number of rotatable bonds is 3. The van der Waals surface area contributed by atoms with Gasteiger partial charge in [0.05, 0.1) is 12.6 Å². The number of alkyl halides is 2. The lowest BCUT2D eigenvalue weighted by atomic mass is 10.2. The summed E-state index contributed by atoms with van der Waals surface area (Å²) in [7, 11) is 0. The molecule has 1 atom stereocenters. The van der Waals surface area contributed by atoms with Gasteiger partial charge in [0.2, 0.25) is 11.8 Å². The maximum Gasteiger partial charge on any atom is 0.268 e. The highest BCUT2D eigenvalue weighted by Gasteiger charge is 2.47. The highest BCUT2D eigenvalue weighted by atomic mass is 19.3. The van der Waals surface area contributed by atoms with Gasteiger partial charge in [-0.2, -0.15) is 5.26 Å². The Morgan fingerprint density at radius 1 is 1.36 bits per heavy atom. The van der Waals surface area contributed by atoms with Gasteiger partial charge in [-0.15, -0.1) is 0 Å². The van der Waals surface area contributed by atoms with Gasteiger partial charge in [-0.3, -0.25) is 9.59 Å². The van der Waals surface area contributed by atoms with Crippen LogP contribution in [0, 0.1) is 17.1 Å². The standard InChI is InChI=1S/C14H12F3N3O2/c15-9-1-3-10(4-2-9)19-12(21)5-13(22)20-8-14(16,17)6-11(20)7-18/h1-4,11H,5-6,8H2,(H,19,21)/t11-/m0/s1. The number of benzene rings is 1. The van der Waals surface area contributed by atoms with Crippen molar-refractivity contribution in [3.05, 3.63) is 30.1 Å². The van der Waals surface area contributed by atoms with Crippen molar-refractivity contribution in [2.75, 3.05) is 11.9 Å². The number of hydrogen-bond donors (Lipinski definition) is 1. The molecule has 1 aromatic carbocycles. The highest BCUT2D eigenvalue weighted by Crippen LogP contribution is 2.32. The number of amides is 2. The summed E-state index contributed by atoms with van der Waals surface area (Å²) >= 11 is 0. The lowest BCUT2D eigenvalue weighted by Crippen LogP contribution is -2.37. The number of nitrogens with one attached hydrogen (secondary N) is 1. The zero-order valence-electron chi connectivity index (χ0n) is 11.4. The molecular formula is C14H12F3N3O2. The summed E-state index contributed by atoms with van der Waals surface area (Å²) in [5, 5.41) is 11.2. The van der Waals surface area contributed by atoms with Crippen LogP contribution in [0.25, 0.3) is 0 Å². The van der Waals surface area contributed by atoms with Gasteiger partial charge in [0.1, 0.15) is 18.3 Å². The molecule has 1 aliphatic rings. The van der Waals surface area contributed by atoms with Crippen molar-refractivity contribution < 1.29 is 22.8 Å². The monoisotopic (exact) mass is 311 g/mol. The van der Waals surface area contributed by atoms with Crippen molar-refractivity contribution in [3.8, 4) is 6.07 Å². The van der Waals surface area contributed by atoms with Crippen LogP contribution in [0.4, 0.5) is 18.9 Å². The van der Waals surface area contributed by atoms with Crippen LogP contribution in [0.5, 0.6) is 0 Å². The van der Waals surface area contributed by atoms with E-state index in [1.807, 2.05) is 0 Å². The Kier molecular flexibility index (Phi) is 4.35. The zero-order valence-corrected chi connectivity index (χ0v) is 11.4. The molecule has 2 amide bonds. The molecule has 0 spiro atoms. The molecular weight excluding hydrogens is 299 g/mol. The van der Waals surface area contributed by atoms with Crippen LogP contribution in [0.15, 0.2) is 24.3 Å². The van der Waals surface area contributed by atoms with Crippen LogP contribution in [0.3, 0.4) is 0 Å². The average molecular weight is 311 g/mol. The number of halogens is 3. The molecule has 1 aromatic rings. The lowest BCUT2D eigenvalue weighted by molar-refractivity contribution is -0.135. The lowest BCUT2D eigenvalue weighted by Gasteiger charge is -2.18. The second-order valence-corrected chi connectivity index (χ2v) is 4.96. The van der Waals surface area contributed by atoms with Gasteiger partial charge < -0.3 is 10.2 Å². The summed E-state index contributed by atoms with van der Waals surface area (Å²) in [5.41, 5.74) is 0.280. The van der Waals surface area contributed by atoms with E-state index in [1.54, 1.807) is 6.07 Å². The largest absolute Gasteiger partial charge is 0.326 e. The van der Waals surface area contributed by atoms with Crippen LogP contribution in [0.1, 0.15) is 12.8 Å². The van der Waals surface area contributed by atoms with Crippen LogP contribution >= 0.6 is 0 Å². The first-order valence-electron chi connectivity index (χ1n) is 6.43. The highest BCUT2D eigenvalue weighted by molar-refractivity contribution is 6.03. The molecule has 0 saturated carbocycles. The Hall–Kier alpha value is -2.56. The van der Waals surface area contributed by atoms with Gasteiger partial charge in [0.15, 0.2) is 0 Å². The third-order valence-electron chi connectivity index (χ3n) is 3.18. The first kappa shape index (κ1) is 15.8. The van der Waals surface area contributed by atoms with Crippen molar-refractivity contribution in [1.82, 2.24) is 4.90 Å². The van der Waals surface area contributed by atoms with Gasteiger partial charge in [-0.1, -0.05) is 0 Å². The molecule has 0 aromatic heterocycles. The molecule has 0 radical (unpaired) electrons. The third-order valence-corrected chi connectivity index (χ3v) is 3.18. The summed E-state index contributed by atoms with van der Waals surface area (Å²) in [4.78, 5) is 24.3. The second kappa shape index (κ2) is 6.05. The number of hydrogen-bond acceptors (Lipinski definition) is 3. The quantitative estimate of drug-likeness (QED) is 0.867. The molecule has 1 N–H and O–H groups in total. The Morgan fingerprint density at radius 2 is 2.00 bits per heavy atom. The maximum absolute atomic E-state index is 13.2. The van der Waals surface area contributed by atoms with Crippen LogP contribution in [0.2, 0.25) is 0 Å². The number of carbonyl (C=O) groups is 2. The minimum absolute atomic E-state index is 0.280. The first-order valence-corrected chi connectivity index (χ1v) is 6.43. The van der Waals surface area contributed by atoms with E-state index >= 15 is 0 Å². The van der Waals surface area contributed by atoms with Crippen molar-refractivity contribution in [2.45, 2.75) is 24.8 Å². The molecule has 0 aliphatic carbocycles. The summed E-state index contributed by atoms with van der Waals surface area (Å²) in [5.74, 6) is -5.17. The Balaban J connectivity index is 1.95. The van der Waals surface area contributed by atoms with Crippen molar-refractivity contribution in [1.29, 1.82) is 5.26 Å². The molecule has 8 heteroatoms. The van der Waals surface area contributed by atoms with Gasteiger partial charge in [-0.05, 0) is 24.3 Å². The van der Waals surface area contributed by atoms with Crippen LogP contribution in [-0.2, 0) is 9.59 Å². The van der Waals surface area contributed by atoms with E-state index in [4.69, 9.17) is 5.26 Å². The molecule has 1 saturated heterocycles. The molecule has 2 rings (SSSR count). The van der Waals surface area contributed by atoms with E-state index in [9.17, 15) is 22.8 Å². The van der Waals surface area contributed by atoms with E-state index in [-0.39, 0.29) is 5.69 Å². The predicted octanol–water partition coefficient (Wildman–Crippen LogP) is 1.91. The summed E-state index contributed by atoms with van der Waals surface area (Å²) in [6, 6.07) is 5.27. The topological polar surface area (TPSA) is 73.2 Å². The van der Waals surface area contributed by atoms with E-state index in [0.717, 1.165) is 12.1 Å². The zero-order chi connectivity index (χ0) is 16.3. The van der Waals surface area contributed by atoms with E-state index in [1.165, 1.54) is 12.1 Å². The minimum Gasteiger partial charge on any atom is -0.326 e. The van der Waals surface area contributed by atoms with E-state index < -0.39 is 49.0 Å². The number of anilines is 1. The van der Waals surface area contributed by atoms with Gasteiger partial charge in [-0.25, -0.2) is 13.2 Å². The number of nitrogens with zero attached hydrogens (tertiary/aromatic N) is 2. The average Bonchev–Trinajstić information content (AvgIpc) is 2.76. The van der Waals surface area contributed by atoms with E-state index in [0.29, 0.717) is 4.90 Å². The fourth-order valence-electron chi connectivity index (χ4n) is 2.17. The molecule has 1 heterocycles. The number of carbonyl (C=O) groups excluding carboxylic acids is 2. The maximum atomic E-state index is 13.2. The van der Waals surface area contributed by atoms with Crippen LogP contribution in [-0.4, -0.2) is 35.2 Å². The number of nitriles is 1. The first-order chi connectivity index (χ1) is 10.3. The summed E-state index contributed by atoms with van der Waals surface area (Å²) in [6.45, 7) is -0.867. The number of likely N-dealkylation sites (tertiary alicyclic amines) is 1. The van der Waals surface area contributed by atoms with E-state index in [2.05, 4.69) is 5.32 Å². The smallest absolute Gasteiger partial charge is 0.268 e. The van der Waals surface area contributed by atoms with Crippen molar-refractivity contribution in [2.24, 2.45) is 0 Å². The molecule has 1 fully saturated rings. The normalized spacial score (nSPS) is 19.5. The van der Waals surface area contributed by atoms with Gasteiger partial charge >= 0.3 is 0 Å². The molecule has 0 unspecified atom stereocenters. The summed E-state index contributed by atoms with van der Waals surface area (Å²) < 4.78 is 39.2. The third kappa shape index (κ3) is 3.75. The fourth-order valence-corrected chi connectivity index (χ4v) is 2.17. The van der Waals surface area contributed by atoms with Crippen molar-refractivity contribution in [3.63, 3.8) is 0 Å². The van der Waals surface area contributed by atoms with Gasteiger partial charge in [0, 0.05) is 12.1 Å². The fraction of sp³-hybridized carbons (Fsp3) is 0.357. The molecule has 116 valence electrons. The second-order valence-electron chi connectivity index (χ2n) is 4.96. The minimum atomic E-state index is -3.12. The van der Waals surface area contributed by atoms with Crippen molar-refractivity contribution >= 4 is 17.5 Å². The summed E-state index contributed by atoms with van der Waals surface area (Å²) in [6.07, 6.45) is -1.39. The molecule has 5 nitrogen and oxygen atoms in total. The Bertz CT molecular complexity index is 625. The Labute approximate surface area is 124 Å². The molecule has 1 aliphatic heterocycles. The van der Waals surface area contributed by atoms with Gasteiger partial charge in [0.25, 0.3) is 5.92 Å². The SMILES string of the molecule is N#C[C@@H]1CC(F)(F)CN1C(=O)CC(=O)Nc1ccc(F)cc1.